The molecule has 0 saturated carbocycles. The molecule has 2 unspecified atom stereocenters. The second kappa shape index (κ2) is 8.09. The van der Waals surface area contributed by atoms with Crippen molar-refractivity contribution in [3.05, 3.63) is 29.6 Å². The lowest BCUT2D eigenvalue weighted by atomic mass is 9.96. The maximum absolute atomic E-state index is 13.7. The van der Waals surface area contributed by atoms with Crippen molar-refractivity contribution in [2.45, 2.75) is 56.6 Å². The van der Waals surface area contributed by atoms with E-state index in [0.29, 0.717) is 13.1 Å². The van der Waals surface area contributed by atoms with E-state index in [9.17, 15) is 14.0 Å². The number of thioether (sulfide) groups is 1. The molecule has 1 N–H and O–H groups in total. The number of amides is 2. The van der Waals surface area contributed by atoms with Crippen molar-refractivity contribution in [1.29, 1.82) is 0 Å². The van der Waals surface area contributed by atoms with Crippen LogP contribution in [0, 0.1) is 11.7 Å². The van der Waals surface area contributed by atoms with Gasteiger partial charge in [0.05, 0.1) is 12.0 Å². The van der Waals surface area contributed by atoms with Crippen molar-refractivity contribution in [2.24, 2.45) is 5.92 Å². The first-order chi connectivity index (χ1) is 12.7. The monoisotopic (exact) mass is 394 g/mol. The van der Waals surface area contributed by atoms with Crippen LogP contribution in [-0.2, 0) is 9.53 Å². The van der Waals surface area contributed by atoms with E-state index in [4.69, 9.17) is 4.74 Å². The molecule has 0 aromatic heterocycles. The summed E-state index contributed by atoms with van der Waals surface area (Å²) in [5.41, 5.74) is 0.291. The SMILES string of the molecule is CC(C)(C)OC(=O)N1CCCC(C(=O)NC2CCSc3ccc(F)cc32)C1. The van der Waals surface area contributed by atoms with Crippen molar-refractivity contribution in [1.82, 2.24) is 10.2 Å². The molecule has 1 saturated heterocycles. The minimum atomic E-state index is -0.556. The Kier molecular flexibility index (Phi) is 5.99. The van der Waals surface area contributed by atoms with Crippen LogP contribution in [0.15, 0.2) is 23.1 Å². The van der Waals surface area contributed by atoms with Gasteiger partial charge >= 0.3 is 6.09 Å². The Hall–Kier alpha value is -1.76. The molecule has 7 heteroatoms. The molecule has 2 heterocycles. The highest BCUT2D eigenvalue weighted by Gasteiger charge is 2.32. The summed E-state index contributed by atoms with van der Waals surface area (Å²) >= 11 is 1.69. The Bertz CT molecular complexity index is 720. The van der Waals surface area contributed by atoms with Gasteiger partial charge in [-0.1, -0.05) is 0 Å². The highest BCUT2D eigenvalue weighted by molar-refractivity contribution is 7.99. The van der Waals surface area contributed by atoms with E-state index in [1.54, 1.807) is 22.7 Å². The lowest BCUT2D eigenvalue weighted by Crippen LogP contribution is -2.47. The smallest absolute Gasteiger partial charge is 0.410 e. The molecule has 0 spiro atoms. The molecule has 2 atom stereocenters. The van der Waals surface area contributed by atoms with Crippen LogP contribution in [0.4, 0.5) is 9.18 Å². The normalized spacial score (nSPS) is 22.7. The van der Waals surface area contributed by atoms with Gasteiger partial charge in [-0.3, -0.25) is 4.79 Å². The maximum Gasteiger partial charge on any atom is 0.410 e. The molecule has 0 bridgehead atoms. The largest absolute Gasteiger partial charge is 0.444 e. The van der Waals surface area contributed by atoms with Crippen LogP contribution in [0.25, 0.3) is 0 Å². The summed E-state index contributed by atoms with van der Waals surface area (Å²) in [6.07, 6.45) is 1.91. The third-order valence-electron chi connectivity index (χ3n) is 4.77. The third kappa shape index (κ3) is 5.15. The number of piperidine rings is 1. The molecule has 0 radical (unpaired) electrons. The number of hydrogen-bond donors (Lipinski definition) is 1. The van der Waals surface area contributed by atoms with Gasteiger partial charge in [-0.2, -0.15) is 0 Å². The zero-order chi connectivity index (χ0) is 19.6. The third-order valence-corrected chi connectivity index (χ3v) is 5.89. The summed E-state index contributed by atoms with van der Waals surface area (Å²) in [7, 11) is 0. The summed E-state index contributed by atoms with van der Waals surface area (Å²) in [6.45, 7) is 6.45. The quantitative estimate of drug-likeness (QED) is 0.820. The fourth-order valence-corrected chi connectivity index (χ4v) is 4.59. The van der Waals surface area contributed by atoms with Gasteiger partial charge in [0.15, 0.2) is 0 Å². The van der Waals surface area contributed by atoms with Crippen molar-refractivity contribution in [2.75, 3.05) is 18.8 Å². The van der Waals surface area contributed by atoms with Crippen LogP contribution in [0.5, 0.6) is 0 Å². The van der Waals surface area contributed by atoms with Crippen LogP contribution < -0.4 is 5.32 Å². The molecule has 0 aliphatic carbocycles. The molecule has 5 nitrogen and oxygen atoms in total. The number of carbonyl (C=O) groups is 2. The summed E-state index contributed by atoms with van der Waals surface area (Å²) < 4.78 is 19.1. The Labute approximate surface area is 164 Å². The van der Waals surface area contributed by atoms with Gasteiger partial charge in [0.1, 0.15) is 11.4 Å². The number of hydrogen-bond acceptors (Lipinski definition) is 4. The number of carbonyl (C=O) groups excluding carboxylic acids is 2. The van der Waals surface area contributed by atoms with E-state index in [1.807, 2.05) is 20.8 Å². The van der Waals surface area contributed by atoms with Crippen LogP contribution in [0.3, 0.4) is 0 Å². The topological polar surface area (TPSA) is 58.6 Å². The highest BCUT2D eigenvalue weighted by Crippen LogP contribution is 2.36. The predicted molar refractivity (Wildman–Crippen MR) is 103 cm³/mol. The van der Waals surface area contributed by atoms with E-state index < -0.39 is 5.60 Å². The number of likely N-dealkylation sites (tertiary alicyclic amines) is 1. The fourth-order valence-electron chi connectivity index (χ4n) is 3.49. The van der Waals surface area contributed by atoms with Crippen LogP contribution in [-0.4, -0.2) is 41.3 Å². The Morgan fingerprint density at radius 2 is 2.07 bits per heavy atom. The number of rotatable bonds is 2. The number of nitrogens with one attached hydrogen (secondary N) is 1. The minimum absolute atomic E-state index is 0.0737. The van der Waals surface area contributed by atoms with Gasteiger partial charge < -0.3 is 15.0 Å². The van der Waals surface area contributed by atoms with Crippen molar-refractivity contribution in [3.63, 3.8) is 0 Å². The van der Waals surface area contributed by atoms with E-state index in [2.05, 4.69) is 5.32 Å². The Morgan fingerprint density at radius 3 is 2.81 bits per heavy atom. The zero-order valence-electron chi connectivity index (χ0n) is 16.1. The molecular formula is C20H27FN2O3S. The maximum atomic E-state index is 13.7. The van der Waals surface area contributed by atoms with Gasteiger partial charge in [-0.25, -0.2) is 9.18 Å². The summed E-state index contributed by atoms with van der Waals surface area (Å²) in [4.78, 5) is 27.8. The van der Waals surface area contributed by atoms with Crippen molar-refractivity contribution >= 4 is 23.8 Å². The minimum Gasteiger partial charge on any atom is -0.444 e. The molecule has 3 rings (SSSR count). The highest BCUT2D eigenvalue weighted by atomic mass is 32.2. The second-order valence-electron chi connectivity index (χ2n) is 8.15. The number of nitrogens with zero attached hydrogens (tertiary/aromatic N) is 1. The molecule has 2 aliphatic heterocycles. The molecule has 2 amide bonds. The summed E-state index contributed by atoms with van der Waals surface area (Å²) in [6, 6.07) is 4.57. The van der Waals surface area contributed by atoms with E-state index in [-0.39, 0.29) is 29.8 Å². The van der Waals surface area contributed by atoms with Gasteiger partial charge in [0.2, 0.25) is 5.91 Å². The number of ether oxygens (including phenoxy) is 1. The molecule has 27 heavy (non-hydrogen) atoms. The first-order valence-corrected chi connectivity index (χ1v) is 10.4. The Morgan fingerprint density at radius 1 is 1.30 bits per heavy atom. The lowest BCUT2D eigenvalue weighted by Gasteiger charge is -2.34. The molecule has 1 aromatic carbocycles. The molecule has 2 aliphatic rings. The van der Waals surface area contributed by atoms with Gasteiger partial charge in [-0.05, 0) is 63.8 Å². The average Bonchev–Trinajstić information content (AvgIpc) is 2.61. The van der Waals surface area contributed by atoms with E-state index in [1.165, 1.54) is 12.1 Å². The van der Waals surface area contributed by atoms with E-state index >= 15 is 0 Å². The number of halogens is 1. The first kappa shape index (κ1) is 20.0. The van der Waals surface area contributed by atoms with Crippen molar-refractivity contribution in [3.8, 4) is 0 Å². The molecule has 1 fully saturated rings. The summed E-state index contributed by atoms with van der Waals surface area (Å²) in [5.74, 6) is 0.260. The van der Waals surface area contributed by atoms with Crippen LogP contribution >= 0.6 is 11.8 Å². The standard InChI is InChI=1S/C20H27FN2O3S/c1-20(2,3)26-19(25)23-9-4-5-13(12-23)18(24)22-16-8-10-27-17-7-6-14(21)11-15(16)17/h6-7,11,13,16H,4-5,8-10,12H2,1-3H3,(H,22,24). The average molecular weight is 395 g/mol. The molecular weight excluding hydrogens is 367 g/mol. The predicted octanol–water partition coefficient (Wildman–Crippen LogP) is 4.13. The zero-order valence-corrected chi connectivity index (χ0v) is 16.9. The van der Waals surface area contributed by atoms with Gasteiger partial charge in [-0.15, -0.1) is 11.8 Å². The lowest BCUT2D eigenvalue weighted by molar-refractivity contribution is -0.127. The second-order valence-corrected chi connectivity index (χ2v) is 9.28. The van der Waals surface area contributed by atoms with E-state index in [0.717, 1.165) is 35.5 Å². The summed E-state index contributed by atoms with van der Waals surface area (Å²) in [5, 5.41) is 3.08. The van der Waals surface area contributed by atoms with Crippen molar-refractivity contribution < 1.29 is 18.7 Å². The van der Waals surface area contributed by atoms with Gasteiger partial charge in [0.25, 0.3) is 0 Å². The first-order valence-electron chi connectivity index (χ1n) is 9.43. The Balaban J connectivity index is 1.63. The van der Waals surface area contributed by atoms with Crippen LogP contribution in [0.2, 0.25) is 0 Å². The van der Waals surface area contributed by atoms with Crippen LogP contribution in [0.1, 0.15) is 51.6 Å². The van der Waals surface area contributed by atoms with Gasteiger partial charge in [0, 0.05) is 23.7 Å². The fraction of sp³-hybridized carbons (Fsp3) is 0.600. The number of benzene rings is 1. The molecule has 1 aromatic rings. The molecule has 148 valence electrons. The number of fused-ring (bicyclic) bond motifs is 1.